The number of carbonyl (C=O) groups is 1. The first kappa shape index (κ1) is 15.9. The van der Waals surface area contributed by atoms with Crippen molar-refractivity contribution in [3.05, 3.63) is 29.8 Å². The van der Waals surface area contributed by atoms with Crippen LogP contribution in [0.1, 0.15) is 31.7 Å². The van der Waals surface area contributed by atoms with Crippen molar-refractivity contribution in [2.24, 2.45) is 10.8 Å². The molecule has 5 heteroatoms. The van der Waals surface area contributed by atoms with Crippen molar-refractivity contribution >= 4 is 11.6 Å². The summed E-state index contributed by atoms with van der Waals surface area (Å²) >= 11 is 0. The summed E-state index contributed by atoms with van der Waals surface area (Å²) in [6.45, 7) is 4.74. The van der Waals surface area contributed by atoms with Crippen LogP contribution in [0.2, 0.25) is 0 Å². The molecule has 0 aromatic heterocycles. The second-order valence-corrected chi connectivity index (χ2v) is 8.12. The fourth-order valence-corrected chi connectivity index (χ4v) is 4.85. The molecule has 24 heavy (non-hydrogen) atoms. The predicted octanol–water partition coefficient (Wildman–Crippen LogP) is 1.28. The van der Waals surface area contributed by atoms with Gasteiger partial charge in [0.1, 0.15) is 5.54 Å². The van der Waals surface area contributed by atoms with Crippen LogP contribution in [0.15, 0.2) is 24.3 Å². The summed E-state index contributed by atoms with van der Waals surface area (Å²) in [6, 6.07) is 8.09. The number of carbonyl (C=O) groups excluding carboxylic acids is 1. The molecule has 1 amide bonds. The number of aliphatic hydroxyl groups excluding tert-OH is 1. The average molecular weight is 329 g/mol. The Morgan fingerprint density at radius 3 is 2.75 bits per heavy atom. The number of nitrogens with one attached hydrogen (secondary N) is 3. The van der Waals surface area contributed by atoms with Crippen molar-refractivity contribution in [2.45, 2.75) is 38.1 Å². The smallest absolute Gasteiger partial charge is 0.245 e. The van der Waals surface area contributed by atoms with E-state index in [1.807, 2.05) is 25.1 Å². The molecular weight excluding hydrogens is 302 g/mol. The van der Waals surface area contributed by atoms with Gasteiger partial charge in [-0.2, -0.15) is 0 Å². The van der Waals surface area contributed by atoms with Crippen LogP contribution in [-0.2, 0) is 11.2 Å². The third-order valence-corrected chi connectivity index (χ3v) is 6.60. The number of aliphatic hydroxyl groups is 1. The highest BCUT2D eigenvalue weighted by molar-refractivity contribution is 5.91. The molecule has 1 aromatic carbocycles. The maximum Gasteiger partial charge on any atom is 0.245 e. The number of hydrogen-bond acceptors (Lipinski definition) is 4. The lowest BCUT2D eigenvalue weighted by atomic mass is 9.84. The van der Waals surface area contributed by atoms with Gasteiger partial charge >= 0.3 is 0 Å². The first-order chi connectivity index (χ1) is 11.5. The fraction of sp³-hybridized carbons (Fsp3) is 0.632. The van der Waals surface area contributed by atoms with E-state index >= 15 is 0 Å². The highest BCUT2D eigenvalue weighted by atomic mass is 16.3. The molecule has 130 valence electrons. The minimum absolute atomic E-state index is 0.0301. The van der Waals surface area contributed by atoms with Crippen LogP contribution in [0.5, 0.6) is 0 Å². The monoisotopic (exact) mass is 329 g/mol. The van der Waals surface area contributed by atoms with E-state index in [1.54, 1.807) is 0 Å². The van der Waals surface area contributed by atoms with Gasteiger partial charge in [0, 0.05) is 24.1 Å². The van der Waals surface area contributed by atoms with Crippen LogP contribution >= 0.6 is 0 Å². The molecule has 4 N–H and O–H groups in total. The summed E-state index contributed by atoms with van der Waals surface area (Å²) in [6.07, 6.45) is 3.94. The summed E-state index contributed by atoms with van der Waals surface area (Å²) in [5.74, 6) is 0.0301. The van der Waals surface area contributed by atoms with Gasteiger partial charge in [0.05, 0.1) is 6.61 Å². The number of fused-ring (bicyclic) bond motifs is 1. The van der Waals surface area contributed by atoms with E-state index in [2.05, 4.69) is 22.0 Å². The van der Waals surface area contributed by atoms with E-state index < -0.39 is 5.54 Å². The minimum atomic E-state index is -0.601. The Labute approximate surface area is 143 Å². The lowest BCUT2D eigenvalue weighted by Crippen LogP contribution is -2.51. The zero-order valence-electron chi connectivity index (χ0n) is 14.3. The quantitative estimate of drug-likeness (QED) is 0.671. The van der Waals surface area contributed by atoms with Gasteiger partial charge in [0.2, 0.25) is 5.91 Å². The third kappa shape index (κ3) is 2.33. The molecular formula is C19H27N3O2. The Kier molecular flexibility index (Phi) is 3.62. The second-order valence-electron chi connectivity index (χ2n) is 8.12. The third-order valence-electron chi connectivity index (χ3n) is 6.60. The Morgan fingerprint density at radius 1 is 1.29 bits per heavy atom. The van der Waals surface area contributed by atoms with Crippen molar-refractivity contribution in [3.63, 3.8) is 0 Å². The molecule has 1 aliphatic carbocycles. The van der Waals surface area contributed by atoms with E-state index in [1.165, 1.54) is 5.56 Å². The van der Waals surface area contributed by atoms with Crippen LogP contribution in [0.3, 0.4) is 0 Å². The standard InChI is InChI=1S/C19H27N3O2/c1-17(10-14-4-2-3-5-15(14)22-17)16(24)21-12-19(13-23)11-18(19)6-8-20-9-7-18/h2-5,20,22-23H,6-13H2,1H3,(H,21,24). The topological polar surface area (TPSA) is 73.4 Å². The van der Waals surface area contributed by atoms with Crippen LogP contribution in [-0.4, -0.2) is 42.8 Å². The molecule has 0 bridgehead atoms. The van der Waals surface area contributed by atoms with Gasteiger partial charge in [-0.1, -0.05) is 18.2 Å². The van der Waals surface area contributed by atoms with Gasteiger partial charge in [0.15, 0.2) is 0 Å². The molecule has 3 aliphatic rings. The SMILES string of the molecule is CC1(C(=O)NCC2(CO)CC23CCNCC3)Cc2ccccc2N1. The van der Waals surface area contributed by atoms with Gasteiger partial charge in [-0.05, 0) is 56.3 Å². The van der Waals surface area contributed by atoms with E-state index in [-0.39, 0.29) is 23.3 Å². The van der Waals surface area contributed by atoms with Crippen molar-refractivity contribution in [1.82, 2.24) is 10.6 Å². The van der Waals surface area contributed by atoms with Crippen LogP contribution in [0, 0.1) is 10.8 Å². The van der Waals surface area contributed by atoms with Gasteiger partial charge < -0.3 is 21.1 Å². The number of para-hydroxylation sites is 1. The molecule has 1 saturated heterocycles. The molecule has 2 unspecified atom stereocenters. The lowest BCUT2D eigenvalue weighted by Gasteiger charge is -2.30. The van der Waals surface area contributed by atoms with Gasteiger partial charge in [-0.25, -0.2) is 0 Å². The van der Waals surface area contributed by atoms with Crippen molar-refractivity contribution in [3.8, 4) is 0 Å². The zero-order chi connectivity index (χ0) is 16.8. The predicted molar refractivity (Wildman–Crippen MR) is 93.9 cm³/mol. The van der Waals surface area contributed by atoms with E-state index in [4.69, 9.17) is 0 Å². The van der Waals surface area contributed by atoms with Gasteiger partial charge in [-0.3, -0.25) is 4.79 Å². The maximum atomic E-state index is 12.8. The summed E-state index contributed by atoms with van der Waals surface area (Å²) in [4.78, 5) is 12.8. The fourth-order valence-electron chi connectivity index (χ4n) is 4.85. The number of amides is 1. The van der Waals surface area contributed by atoms with Gasteiger partial charge in [-0.15, -0.1) is 0 Å². The summed E-state index contributed by atoms with van der Waals surface area (Å²) in [7, 11) is 0. The molecule has 1 aromatic rings. The van der Waals surface area contributed by atoms with E-state index in [9.17, 15) is 9.90 Å². The summed E-state index contributed by atoms with van der Waals surface area (Å²) in [5, 5.41) is 19.9. The molecule has 2 fully saturated rings. The molecule has 1 saturated carbocycles. The van der Waals surface area contributed by atoms with Crippen molar-refractivity contribution in [1.29, 1.82) is 0 Å². The lowest BCUT2D eigenvalue weighted by molar-refractivity contribution is -0.125. The highest BCUT2D eigenvalue weighted by Gasteiger charge is 2.66. The summed E-state index contributed by atoms with van der Waals surface area (Å²) in [5.41, 5.74) is 1.75. The Hall–Kier alpha value is -1.59. The second kappa shape index (κ2) is 5.46. The van der Waals surface area contributed by atoms with E-state index in [0.29, 0.717) is 13.0 Å². The van der Waals surface area contributed by atoms with Crippen molar-refractivity contribution in [2.75, 3.05) is 31.6 Å². The number of anilines is 1. The van der Waals surface area contributed by atoms with Gasteiger partial charge in [0.25, 0.3) is 0 Å². The molecule has 2 aliphatic heterocycles. The largest absolute Gasteiger partial charge is 0.396 e. The van der Waals surface area contributed by atoms with Crippen LogP contribution < -0.4 is 16.0 Å². The molecule has 2 heterocycles. The molecule has 0 radical (unpaired) electrons. The van der Waals surface area contributed by atoms with Crippen LogP contribution in [0.25, 0.3) is 0 Å². The normalized spacial score (nSPS) is 32.9. The molecule has 5 nitrogen and oxygen atoms in total. The molecule has 2 atom stereocenters. The Bertz CT molecular complexity index is 629. The molecule has 1 spiro atoms. The molecule has 4 rings (SSSR count). The number of benzene rings is 1. The number of rotatable bonds is 4. The first-order valence-electron chi connectivity index (χ1n) is 8.99. The zero-order valence-corrected chi connectivity index (χ0v) is 14.3. The highest BCUT2D eigenvalue weighted by Crippen LogP contribution is 2.67. The Balaban J connectivity index is 1.41. The van der Waals surface area contributed by atoms with Crippen LogP contribution in [0.4, 0.5) is 5.69 Å². The number of piperidine rings is 1. The summed E-state index contributed by atoms with van der Waals surface area (Å²) < 4.78 is 0. The first-order valence-corrected chi connectivity index (χ1v) is 8.99. The maximum absolute atomic E-state index is 12.8. The Morgan fingerprint density at radius 2 is 2.04 bits per heavy atom. The minimum Gasteiger partial charge on any atom is -0.396 e. The van der Waals surface area contributed by atoms with Crippen molar-refractivity contribution < 1.29 is 9.90 Å². The number of hydrogen-bond donors (Lipinski definition) is 4. The van der Waals surface area contributed by atoms with E-state index in [0.717, 1.165) is 38.0 Å². The average Bonchev–Trinajstić information content (AvgIpc) is 3.04.